The highest BCUT2D eigenvalue weighted by molar-refractivity contribution is 7.89. The lowest BCUT2D eigenvalue weighted by Crippen LogP contribution is -2.27. The van der Waals surface area contributed by atoms with E-state index in [2.05, 4.69) is 25.5 Å². The Bertz CT molecular complexity index is 531. The molecule has 0 unspecified atom stereocenters. The second kappa shape index (κ2) is 6.03. The Labute approximate surface area is 116 Å². The Morgan fingerprint density at radius 2 is 1.89 bits per heavy atom. The van der Waals surface area contributed by atoms with Crippen molar-refractivity contribution in [1.82, 2.24) is 4.72 Å². The maximum Gasteiger partial charge on any atom is 0.240 e. The normalized spacial score (nSPS) is 12.7. The van der Waals surface area contributed by atoms with Crippen LogP contribution < -0.4 is 10.5 Å². The molecule has 0 aliphatic heterocycles. The number of nitrogens with two attached hydrogens (primary N) is 1. The van der Waals surface area contributed by atoms with Gasteiger partial charge in [0.2, 0.25) is 10.0 Å². The average molecular weight is 284 g/mol. The van der Waals surface area contributed by atoms with Gasteiger partial charge in [-0.05, 0) is 42.5 Å². The third-order valence-electron chi connectivity index (χ3n) is 3.02. The molecule has 0 heterocycles. The molecule has 19 heavy (non-hydrogen) atoms. The zero-order valence-corrected chi connectivity index (χ0v) is 13.0. The first-order chi connectivity index (χ1) is 8.68. The van der Waals surface area contributed by atoms with Crippen molar-refractivity contribution in [3.63, 3.8) is 0 Å². The van der Waals surface area contributed by atoms with Crippen molar-refractivity contribution < 1.29 is 8.42 Å². The van der Waals surface area contributed by atoms with Crippen LogP contribution in [0.2, 0.25) is 0 Å². The van der Waals surface area contributed by atoms with E-state index in [1.807, 2.05) is 19.1 Å². The Balaban J connectivity index is 3.12. The monoisotopic (exact) mass is 284 g/mol. The summed E-state index contributed by atoms with van der Waals surface area (Å²) in [4.78, 5) is 0.358. The largest absolute Gasteiger partial charge is 0.330 e. The van der Waals surface area contributed by atoms with Crippen molar-refractivity contribution in [2.75, 3.05) is 13.1 Å². The van der Waals surface area contributed by atoms with Gasteiger partial charge in [-0.25, -0.2) is 13.1 Å². The number of benzene rings is 1. The van der Waals surface area contributed by atoms with Crippen LogP contribution >= 0.6 is 0 Å². The zero-order chi connectivity index (χ0) is 14.7. The summed E-state index contributed by atoms with van der Waals surface area (Å²) in [6, 6.07) is 5.60. The van der Waals surface area contributed by atoms with Gasteiger partial charge in [0.1, 0.15) is 0 Å². The molecule has 0 saturated heterocycles. The quantitative estimate of drug-likeness (QED) is 0.811. The summed E-state index contributed by atoms with van der Waals surface area (Å²) in [6.07, 6.45) is 0.636. The molecule has 0 aliphatic rings. The predicted molar refractivity (Wildman–Crippen MR) is 78.7 cm³/mol. The van der Waals surface area contributed by atoms with Crippen LogP contribution in [0.1, 0.15) is 38.3 Å². The number of rotatable bonds is 5. The molecule has 0 radical (unpaired) electrons. The molecule has 0 amide bonds. The lowest BCUT2D eigenvalue weighted by Gasteiger charge is -2.20. The molecular weight excluding hydrogens is 260 g/mol. The molecule has 4 nitrogen and oxygen atoms in total. The third-order valence-corrected chi connectivity index (χ3v) is 4.62. The summed E-state index contributed by atoms with van der Waals surface area (Å²) in [5.74, 6) is 0. The number of hydrogen-bond acceptors (Lipinski definition) is 3. The van der Waals surface area contributed by atoms with E-state index in [-0.39, 0.29) is 5.41 Å². The average Bonchev–Trinajstić information content (AvgIpc) is 2.27. The van der Waals surface area contributed by atoms with Gasteiger partial charge in [-0.2, -0.15) is 0 Å². The Morgan fingerprint density at radius 1 is 1.26 bits per heavy atom. The second-order valence-electron chi connectivity index (χ2n) is 5.77. The smallest absolute Gasteiger partial charge is 0.240 e. The summed E-state index contributed by atoms with van der Waals surface area (Å²) < 4.78 is 27.1. The SMILES string of the molecule is Cc1ccc(C(C)(C)C)cc1S(=O)(=O)NCCCN. The van der Waals surface area contributed by atoms with Gasteiger partial charge in [-0.15, -0.1) is 0 Å². The van der Waals surface area contributed by atoms with Gasteiger partial charge in [0.25, 0.3) is 0 Å². The summed E-state index contributed by atoms with van der Waals surface area (Å²) in [5.41, 5.74) is 7.07. The molecule has 0 bridgehead atoms. The van der Waals surface area contributed by atoms with Crippen molar-refractivity contribution >= 4 is 10.0 Å². The highest BCUT2D eigenvalue weighted by Crippen LogP contribution is 2.26. The number of sulfonamides is 1. The van der Waals surface area contributed by atoms with Crippen LogP contribution in [0.15, 0.2) is 23.1 Å². The van der Waals surface area contributed by atoms with Gasteiger partial charge in [0, 0.05) is 6.54 Å². The Kier molecular flexibility index (Phi) is 5.12. The predicted octanol–water partition coefficient (Wildman–Crippen LogP) is 1.92. The van der Waals surface area contributed by atoms with Crippen LogP contribution in [-0.2, 0) is 15.4 Å². The Morgan fingerprint density at radius 3 is 2.42 bits per heavy atom. The molecule has 3 N–H and O–H groups in total. The molecule has 0 aromatic heterocycles. The van der Waals surface area contributed by atoms with Crippen molar-refractivity contribution in [2.45, 2.75) is 44.4 Å². The second-order valence-corrected chi connectivity index (χ2v) is 7.51. The first kappa shape index (κ1) is 16.1. The minimum Gasteiger partial charge on any atom is -0.330 e. The topological polar surface area (TPSA) is 72.2 Å². The molecule has 1 rings (SSSR count). The summed E-state index contributed by atoms with van der Waals surface area (Å²) in [6.45, 7) is 8.85. The van der Waals surface area contributed by atoms with Gasteiger partial charge in [-0.1, -0.05) is 32.9 Å². The minimum atomic E-state index is -3.45. The van der Waals surface area contributed by atoms with E-state index in [1.54, 1.807) is 6.07 Å². The van der Waals surface area contributed by atoms with Gasteiger partial charge >= 0.3 is 0 Å². The van der Waals surface area contributed by atoms with Gasteiger partial charge in [-0.3, -0.25) is 0 Å². The molecule has 0 fully saturated rings. The maximum atomic E-state index is 12.3. The van der Waals surface area contributed by atoms with Crippen LogP contribution in [0.4, 0.5) is 0 Å². The van der Waals surface area contributed by atoms with E-state index >= 15 is 0 Å². The molecule has 0 saturated carbocycles. The van der Waals surface area contributed by atoms with Crippen LogP contribution in [0, 0.1) is 6.92 Å². The van der Waals surface area contributed by atoms with E-state index in [0.29, 0.717) is 24.4 Å². The maximum absolute atomic E-state index is 12.3. The molecular formula is C14H24N2O2S. The molecule has 0 atom stereocenters. The highest BCUT2D eigenvalue weighted by atomic mass is 32.2. The first-order valence-corrected chi connectivity index (χ1v) is 7.97. The fourth-order valence-electron chi connectivity index (χ4n) is 1.74. The summed E-state index contributed by atoms with van der Waals surface area (Å²) in [7, 11) is -3.45. The van der Waals surface area contributed by atoms with E-state index in [0.717, 1.165) is 11.1 Å². The molecule has 1 aromatic carbocycles. The van der Waals surface area contributed by atoms with E-state index in [4.69, 9.17) is 5.73 Å². The fourth-order valence-corrected chi connectivity index (χ4v) is 3.09. The van der Waals surface area contributed by atoms with Crippen LogP contribution in [0.3, 0.4) is 0 Å². The van der Waals surface area contributed by atoms with E-state index in [9.17, 15) is 8.42 Å². The number of hydrogen-bond donors (Lipinski definition) is 2. The molecule has 5 heteroatoms. The van der Waals surface area contributed by atoms with Gasteiger partial charge < -0.3 is 5.73 Å². The van der Waals surface area contributed by atoms with E-state index in [1.165, 1.54) is 0 Å². The number of nitrogens with one attached hydrogen (secondary N) is 1. The number of aryl methyl sites for hydroxylation is 1. The molecule has 108 valence electrons. The first-order valence-electron chi connectivity index (χ1n) is 6.49. The molecule has 1 aromatic rings. The van der Waals surface area contributed by atoms with Crippen molar-refractivity contribution in [2.24, 2.45) is 5.73 Å². The lowest BCUT2D eigenvalue weighted by atomic mass is 9.87. The van der Waals surface area contributed by atoms with Gasteiger partial charge in [0.15, 0.2) is 0 Å². The summed E-state index contributed by atoms with van der Waals surface area (Å²) in [5, 5.41) is 0. The summed E-state index contributed by atoms with van der Waals surface area (Å²) >= 11 is 0. The Hall–Kier alpha value is -0.910. The van der Waals surface area contributed by atoms with E-state index < -0.39 is 10.0 Å². The molecule has 0 spiro atoms. The minimum absolute atomic E-state index is 0.0742. The van der Waals surface area contributed by atoms with Crippen molar-refractivity contribution in [3.8, 4) is 0 Å². The van der Waals surface area contributed by atoms with Crippen LogP contribution in [0.25, 0.3) is 0 Å². The van der Waals surface area contributed by atoms with Gasteiger partial charge in [0.05, 0.1) is 4.90 Å². The molecule has 0 aliphatic carbocycles. The third kappa shape index (κ3) is 4.30. The lowest BCUT2D eigenvalue weighted by molar-refractivity contribution is 0.574. The van der Waals surface area contributed by atoms with Crippen molar-refractivity contribution in [3.05, 3.63) is 29.3 Å². The van der Waals surface area contributed by atoms with Crippen LogP contribution in [-0.4, -0.2) is 21.5 Å². The highest BCUT2D eigenvalue weighted by Gasteiger charge is 2.20. The fraction of sp³-hybridized carbons (Fsp3) is 0.571. The zero-order valence-electron chi connectivity index (χ0n) is 12.2. The standard InChI is InChI=1S/C14H24N2O2S/c1-11-6-7-12(14(2,3)4)10-13(11)19(17,18)16-9-5-8-15/h6-7,10,16H,5,8-9,15H2,1-4H3. The van der Waals surface area contributed by atoms with Crippen molar-refractivity contribution in [1.29, 1.82) is 0 Å². The van der Waals surface area contributed by atoms with Crippen LogP contribution in [0.5, 0.6) is 0 Å².